The lowest BCUT2D eigenvalue weighted by Gasteiger charge is -2.36. The third-order valence-electron chi connectivity index (χ3n) is 6.33. The number of aryl methyl sites for hydroxylation is 1. The van der Waals surface area contributed by atoms with Crippen LogP contribution in [0.1, 0.15) is 46.4 Å². The molecule has 0 radical (unpaired) electrons. The number of aromatic carboxylic acids is 1. The number of rotatable bonds is 4. The van der Waals surface area contributed by atoms with Crippen LogP contribution in [0.4, 0.5) is 10.1 Å². The highest BCUT2D eigenvalue weighted by Crippen LogP contribution is 2.41. The van der Waals surface area contributed by atoms with Gasteiger partial charge in [0.15, 0.2) is 5.82 Å². The number of carbonyl (C=O) groups is 1. The highest BCUT2D eigenvalue weighted by atomic mass is 35.5. The van der Waals surface area contributed by atoms with Crippen molar-refractivity contribution in [3.8, 4) is 0 Å². The van der Waals surface area contributed by atoms with Crippen LogP contribution in [0.5, 0.6) is 0 Å². The summed E-state index contributed by atoms with van der Waals surface area (Å²) in [6.45, 7) is 3.76. The van der Waals surface area contributed by atoms with Gasteiger partial charge in [0.05, 0.1) is 21.6 Å². The van der Waals surface area contributed by atoms with Gasteiger partial charge in [-0.1, -0.05) is 41.4 Å². The van der Waals surface area contributed by atoms with Crippen molar-refractivity contribution in [1.82, 2.24) is 9.88 Å². The van der Waals surface area contributed by atoms with Gasteiger partial charge in [-0.25, -0.2) is 9.18 Å². The second kappa shape index (κ2) is 7.90. The van der Waals surface area contributed by atoms with E-state index < -0.39 is 17.2 Å². The molecule has 5 rings (SSSR count). The lowest BCUT2D eigenvalue weighted by atomic mass is 10.0. The number of aromatic nitrogens is 1. The zero-order chi connectivity index (χ0) is 22.6. The molecule has 1 atom stereocenters. The molecule has 32 heavy (non-hydrogen) atoms. The molecule has 0 spiro atoms. The van der Waals surface area contributed by atoms with Gasteiger partial charge in [0.25, 0.3) is 0 Å². The Bertz CT molecular complexity index is 1280. The van der Waals surface area contributed by atoms with Crippen LogP contribution in [-0.4, -0.2) is 35.3 Å². The summed E-state index contributed by atoms with van der Waals surface area (Å²) in [6, 6.07) is 9.65. The minimum atomic E-state index is -1.32. The molecule has 2 fully saturated rings. The SMILES string of the molecule is Cc1ccc(C2CN(c3c(Cl)cc4c(=O)c(C(=O)O)cn(C5CC5)c4c3F)CCN2)cc1. The van der Waals surface area contributed by atoms with Gasteiger partial charge in [-0.05, 0) is 31.4 Å². The first-order valence-corrected chi connectivity index (χ1v) is 11.1. The van der Waals surface area contributed by atoms with Gasteiger partial charge in [-0.3, -0.25) is 4.79 Å². The first kappa shape index (κ1) is 21.0. The number of anilines is 1. The van der Waals surface area contributed by atoms with Crippen molar-refractivity contribution in [2.75, 3.05) is 24.5 Å². The van der Waals surface area contributed by atoms with E-state index in [1.54, 1.807) is 4.57 Å². The number of hydrogen-bond acceptors (Lipinski definition) is 4. The number of carboxylic acid groups (broad SMARTS) is 1. The molecule has 2 N–H and O–H groups in total. The van der Waals surface area contributed by atoms with Crippen LogP contribution in [0.2, 0.25) is 5.02 Å². The first-order valence-electron chi connectivity index (χ1n) is 10.7. The summed E-state index contributed by atoms with van der Waals surface area (Å²) in [5.41, 5.74) is 1.59. The lowest BCUT2D eigenvalue weighted by molar-refractivity contribution is 0.0695. The molecule has 2 heterocycles. The maximum atomic E-state index is 16.0. The Kier molecular flexibility index (Phi) is 5.18. The van der Waals surface area contributed by atoms with E-state index in [9.17, 15) is 14.7 Å². The second-order valence-electron chi connectivity index (χ2n) is 8.60. The van der Waals surface area contributed by atoms with Crippen LogP contribution >= 0.6 is 11.6 Å². The summed E-state index contributed by atoms with van der Waals surface area (Å²) in [4.78, 5) is 26.3. The highest BCUT2D eigenvalue weighted by Gasteiger charge is 2.32. The van der Waals surface area contributed by atoms with Crippen LogP contribution < -0.4 is 15.6 Å². The van der Waals surface area contributed by atoms with Gasteiger partial charge in [-0.2, -0.15) is 0 Å². The molecule has 1 saturated heterocycles. The first-order chi connectivity index (χ1) is 15.3. The largest absolute Gasteiger partial charge is 0.477 e. The van der Waals surface area contributed by atoms with Crippen molar-refractivity contribution in [3.05, 3.63) is 74.3 Å². The van der Waals surface area contributed by atoms with Crippen molar-refractivity contribution < 1.29 is 14.3 Å². The van der Waals surface area contributed by atoms with E-state index >= 15 is 4.39 Å². The predicted octanol–water partition coefficient (Wildman–Crippen LogP) is 4.29. The van der Waals surface area contributed by atoms with E-state index in [2.05, 4.69) is 17.4 Å². The molecular formula is C24H23ClFN3O3. The Hall–Kier alpha value is -2.90. The number of nitrogens with zero attached hydrogens (tertiary/aromatic N) is 2. The zero-order valence-electron chi connectivity index (χ0n) is 17.6. The summed E-state index contributed by atoms with van der Waals surface area (Å²) in [5, 5.41) is 13.0. The third-order valence-corrected chi connectivity index (χ3v) is 6.61. The fraction of sp³-hybridized carbons (Fsp3) is 0.333. The number of piperazine rings is 1. The molecular weight excluding hydrogens is 433 g/mol. The molecule has 1 unspecified atom stereocenters. The maximum absolute atomic E-state index is 16.0. The average molecular weight is 456 g/mol. The number of carboxylic acids is 1. The van der Waals surface area contributed by atoms with Crippen molar-refractivity contribution in [2.45, 2.75) is 31.8 Å². The predicted molar refractivity (Wildman–Crippen MR) is 123 cm³/mol. The van der Waals surface area contributed by atoms with Gasteiger partial charge >= 0.3 is 5.97 Å². The van der Waals surface area contributed by atoms with Crippen LogP contribution in [-0.2, 0) is 0 Å². The molecule has 0 amide bonds. The van der Waals surface area contributed by atoms with E-state index in [1.807, 2.05) is 24.0 Å². The van der Waals surface area contributed by atoms with Gasteiger partial charge in [0.2, 0.25) is 5.43 Å². The highest BCUT2D eigenvalue weighted by molar-refractivity contribution is 6.34. The standard InChI is InChI=1S/C24H23ClFN3O3/c1-13-2-4-14(5-3-13)19-12-28(9-8-27-19)22-18(25)10-16-21(20(22)26)29(15-6-7-15)11-17(23(16)30)24(31)32/h2-5,10-11,15,19,27H,6-9,12H2,1H3,(H,31,32). The Morgan fingerprint density at radius 3 is 2.62 bits per heavy atom. The Morgan fingerprint density at radius 2 is 1.97 bits per heavy atom. The normalized spacial score (nSPS) is 18.8. The van der Waals surface area contributed by atoms with Crippen LogP contribution in [0.3, 0.4) is 0 Å². The van der Waals surface area contributed by atoms with Crippen LogP contribution in [0.15, 0.2) is 41.3 Å². The van der Waals surface area contributed by atoms with Crippen LogP contribution in [0.25, 0.3) is 10.9 Å². The number of pyridine rings is 1. The number of hydrogen-bond donors (Lipinski definition) is 2. The summed E-state index contributed by atoms with van der Waals surface area (Å²) in [5.74, 6) is -1.90. The second-order valence-corrected chi connectivity index (χ2v) is 9.00. The average Bonchev–Trinajstić information content (AvgIpc) is 3.60. The molecule has 2 aliphatic rings. The van der Waals surface area contributed by atoms with Gasteiger partial charge in [0, 0.05) is 37.9 Å². The molecule has 166 valence electrons. The van der Waals surface area contributed by atoms with E-state index in [1.165, 1.54) is 17.8 Å². The zero-order valence-corrected chi connectivity index (χ0v) is 18.3. The minimum Gasteiger partial charge on any atom is -0.477 e. The van der Waals surface area contributed by atoms with E-state index in [0.29, 0.717) is 19.6 Å². The molecule has 1 saturated carbocycles. The van der Waals surface area contributed by atoms with Gasteiger partial charge in [0.1, 0.15) is 5.56 Å². The minimum absolute atomic E-state index is 0.00766. The summed E-state index contributed by atoms with van der Waals surface area (Å²) in [7, 11) is 0. The van der Waals surface area contributed by atoms with Gasteiger partial charge in [-0.15, -0.1) is 0 Å². The molecule has 3 aromatic rings. The lowest BCUT2D eigenvalue weighted by Crippen LogP contribution is -2.46. The number of fused-ring (bicyclic) bond motifs is 1. The molecule has 1 aliphatic heterocycles. The van der Waals surface area contributed by atoms with E-state index in [0.717, 1.165) is 18.4 Å². The molecule has 2 aromatic carbocycles. The van der Waals surface area contributed by atoms with Crippen molar-refractivity contribution in [1.29, 1.82) is 0 Å². The molecule has 6 nitrogen and oxygen atoms in total. The molecule has 1 aliphatic carbocycles. The summed E-state index contributed by atoms with van der Waals surface area (Å²) in [6.07, 6.45) is 2.91. The monoisotopic (exact) mass is 455 g/mol. The van der Waals surface area contributed by atoms with E-state index in [4.69, 9.17) is 11.6 Å². The topological polar surface area (TPSA) is 74.6 Å². The van der Waals surface area contributed by atoms with Crippen molar-refractivity contribution in [3.63, 3.8) is 0 Å². The smallest absolute Gasteiger partial charge is 0.341 e. The van der Waals surface area contributed by atoms with Crippen molar-refractivity contribution >= 4 is 34.2 Å². The molecule has 8 heteroatoms. The molecule has 1 aromatic heterocycles. The molecule has 0 bridgehead atoms. The Balaban J connectivity index is 1.62. The number of halogens is 2. The fourth-order valence-corrected chi connectivity index (χ4v) is 4.80. The Labute approximate surface area is 189 Å². The quantitative estimate of drug-likeness (QED) is 0.614. The number of benzene rings is 2. The summed E-state index contributed by atoms with van der Waals surface area (Å²) < 4.78 is 17.6. The van der Waals surface area contributed by atoms with Gasteiger partial charge < -0.3 is 19.9 Å². The van der Waals surface area contributed by atoms with Crippen LogP contribution in [0, 0.1) is 12.7 Å². The third kappa shape index (κ3) is 3.55. The Morgan fingerprint density at radius 1 is 1.25 bits per heavy atom. The van der Waals surface area contributed by atoms with Crippen molar-refractivity contribution in [2.24, 2.45) is 0 Å². The summed E-state index contributed by atoms with van der Waals surface area (Å²) >= 11 is 6.51. The van der Waals surface area contributed by atoms with E-state index in [-0.39, 0.29) is 39.3 Å². The maximum Gasteiger partial charge on any atom is 0.341 e. The number of nitrogens with one attached hydrogen (secondary N) is 1. The fourth-order valence-electron chi connectivity index (χ4n) is 4.49.